The number of nitrogens with zero attached hydrogens (tertiary/aromatic N) is 8. The van der Waals surface area contributed by atoms with Gasteiger partial charge in [-0.05, 0) is 145 Å². The van der Waals surface area contributed by atoms with Gasteiger partial charge in [-0.3, -0.25) is 37.9 Å². The predicted molar refractivity (Wildman–Crippen MR) is 402 cm³/mol. The number of aryl methyl sites for hydroxylation is 6. The predicted octanol–water partition coefficient (Wildman–Crippen LogP) is 17.4. The lowest BCUT2D eigenvalue weighted by Gasteiger charge is -2.20. The summed E-state index contributed by atoms with van der Waals surface area (Å²) in [6, 6.07) is 59.6. The van der Waals surface area contributed by atoms with Crippen LogP contribution in [0.4, 0.5) is 0 Å². The van der Waals surface area contributed by atoms with Crippen molar-refractivity contribution < 1.29 is 33.4 Å². The van der Waals surface area contributed by atoms with Gasteiger partial charge in [-0.15, -0.1) is 0 Å². The lowest BCUT2D eigenvalue weighted by atomic mass is 9.90. The number of para-hydroxylation sites is 3. The van der Waals surface area contributed by atoms with Crippen LogP contribution < -0.4 is 14.2 Å². The van der Waals surface area contributed by atoms with Gasteiger partial charge in [0.15, 0.2) is 23.1 Å². The SMILES string of the molecule is C=C1Oc2ccccc2-c2c1cnn2CC(=O)Cc1ccc(C)c(Br)c1.C=C1Oc2ccccc2-c2c1cnn2CC(=O)Cc1ccc(C)c(C)c1.C=C1Oc2ccccc2-c2c1cnn2CC(=O)Cc1ccccc1.Cc1cc(CC(=O)Cn2ncc3c2-c2ccccc2CC3)ccc1Br. The van der Waals surface area contributed by atoms with E-state index in [0.717, 1.165) is 129 Å². The Labute approximate surface area is 603 Å². The van der Waals surface area contributed by atoms with E-state index in [1.54, 1.807) is 32.6 Å². The lowest BCUT2D eigenvalue weighted by Crippen LogP contribution is -2.16. The molecule has 0 unspecified atom stereocenters. The topological polar surface area (TPSA) is 167 Å². The largest absolute Gasteiger partial charge is 0.457 e. The number of Topliss-reactive ketones (excluding diaryl/α,β-unsaturated/α-hetero) is 4. The molecule has 4 aliphatic rings. The molecule has 0 N–H and O–H groups in total. The highest BCUT2D eigenvalue weighted by Crippen LogP contribution is 2.44. The Morgan fingerprint density at radius 3 is 1.17 bits per heavy atom. The molecule has 0 amide bonds. The number of aromatic nitrogens is 8. The highest BCUT2D eigenvalue weighted by Gasteiger charge is 2.30. The van der Waals surface area contributed by atoms with Crippen molar-refractivity contribution in [3.63, 3.8) is 0 Å². The van der Waals surface area contributed by atoms with Gasteiger partial charge in [0, 0.05) is 56.9 Å². The van der Waals surface area contributed by atoms with Crippen LogP contribution in [0.25, 0.3) is 62.3 Å². The van der Waals surface area contributed by atoms with Gasteiger partial charge in [-0.25, -0.2) is 0 Å². The molecule has 7 heterocycles. The monoisotopic (exact) mass is 1460 g/mol. The van der Waals surface area contributed by atoms with E-state index < -0.39 is 0 Å². The summed E-state index contributed by atoms with van der Waals surface area (Å²) < 4.78 is 26.5. The number of carbonyl (C=O) groups excluding carboxylic acids is 4. The van der Waals surface area contributed by atoms with Crippen LogP contribution in [-0.2, 0) is 83.9 Å². The Balaban J connectivity index is 0.000000120. The third-order valence-corrected chi connectivity index (χ3v) is 19.9. The number of fused-ring (bicyclic) bond motifs is 12. The molecule has 504 valence electrons. The van der Waals surface area contributed by atoms with Crippen molar-refractivity contribution in [2.45, 2.75) is 92.4 Å². The summed E-state index contributed by atoms with van der Waals surface area (Å²) in [6.07, 6.45) is 10.7. The molecule has 15 nitrogen and oxygen atoms in total. The van der Waals surface area contributed by atoms with E-state index in [-0.39, 0.29) is 42.8 Å². The summed E-state index contributed by atoms with van der Waals surface area (Å²) in [6.45, 7) is 21.1. The summed E-state index contributed by atoms with van der Waals surface area (Å²) in [5.74, 6) is 4.41. The zero-order valence-electron chi connectivity index (χ0n) is 56.5. The van der Waals surface area contributed by atoms with Gasteiger partial charge >= 0.3 is 0 Å². The second-order valence-electron chi connectivity index (χ2n) is 25.5. The number of hydrogen-bond acceptors (Lipinski definition) is 11. The van der Waals surface area contributed by atoms with E-state index >= 15 is 0 Å². The summed E-state index contributed by atoms with van der Waals surface area (Å²) in [7, 11) is 0. The van der Waals surface area contributed by atoms with Gasteiger partial charge in [0.2, 0.25) is 0 Å². The van der Waals surface area contributed by atoms with Crippen molar-refractivity contribution in [1.82, 2.24) is 39.1 Å². The third-order valence-electron chi connectivity index (χ3n) is 18.2. The summed E-state index contributed by atoms with van der Waals surface area (Å²) in [5, 5.41) is 17.7. The van der Waals surface area contributed by atoms with Gasteiger partial charge in [0.25, 0.3) is 0 Å². The van der Waals surface area contributed by atoms with Crippen molar-refractivity contribution in [1.29, 1.82) is 0 Å². The number of benzene rings is 8. The molecule has 17 heteroatoms. The molecule has 0 radical (unpaired) electrons. The first kappa shape index (κ1) is 68.4. The van der Waals surface area contributed by atoms with Gasteiger partial charge in [-0.1, -0.05) is 185 Å². The van der Waals surface area contributed by atoms with Crippen molar-refractivity contribution in [3.8, 4) is 62.3 Å². The lowest BCUT2D eigenvalue weighted by molar-refractivity contribution is -0.120. The molecule has 0 bridgehead atoms. The highest BCUT2D eigenvalue weighted by molar-refractivity contribution is 9.10. The molecule has 101 heavy (non-hydrogen) atoms. The molecular formula is C84H72Br2N8O7. The van der Waals surface area contributed by atoms with Crippen molar-refractivity contribution in [2.75, 3.05) is 0 Å². The average molecular weight is 1470 g/mol. The van der Waals surface area contributed by atoms with Crippen LogP contribution in [-0.4, -0.2) is 62.3 Å². The summed E-state index contributed by atoms with van der Waals surface area (Å²) in [5.41, 5.74) is 21.7. The molecule has 0 spiro atoms. The van der Waals surface area contributed by atoms with Crippen molar-refractivity contribution >= 4 is 72.3 Å². The second-order valence-corrected chi connectivity index (χ2v) is 27.2. The molecular weight excluding hydrogens is 1390 g/mol. The Morgan fingerprint density at radius 2 is 0.713 bits per heavy atom. The van der Waals surface area contributed by atoms with E-state index in [1.807, 2.05) is 164 Å². The van der Waals surface area contributed by atoms with Crippen LogP contribution in [0, 0.1) is 27.7 Å². The average Bonchev–Trinajstić information content (AvgIpc) is 1.56. The first-order chi connectivity index (χ1) is 48.9. The second kappa shape index (κ2) is 30.1. The molecule has 0 fully saturated rings. The Hall–Kier alpha value is -11.1. The molecule has 8 aromatic carbocycles. The number of hydrogen-bond donors (Lipinski definition) is 0. The van der Waals surface area contributed by atoms with Gasteiger partial charge in [0.1, 0.15) is 60.7 Å². The van der Waals surface area contributed by atoms with E-state index in [1.165, 1.54) is 27.8 Å². The Morgan fingerprint density at radius 1 is 0.347 bits per heavy atom. The van der Waals surface area contributed by atoms with Crippen LogP contribution in [0.1, 0.15) is 72.3 Å². The van der Waals surface area contributed by atoms with Crippen LogP contribution >= 0.6 is 31.9 Å². The van der Waals surface area contributed by atoms with Crippen LogP contribution in [0.15, 0.2) is 235 Å². The minimum Gasteiger partial charge on any atom is -0.457 e. The number of carbonyl (C=O) groups is 4. The van der Waals surface area contributed by atoms with E-state index in [9.17, 15) is 19.2 Å². The minimum absolute atomic E-state index is 0.0984. The third kappa shape index (κ3) is 15.4. The molecule has 4 aromatic heterocycles. The standard InChI is InChI=1S/C22H20N2O2.C21H17BrN2O2.C21H19BrN2O.C20H16N2O2/c1-14-8-9-17(10-15(14)2)11-18(25)13-24-22-19-6-4-5-7-21(19)26-16(3)20(22)12-23-24;1-13-7-8-15(10-19(13)22)9-16(25)12-24-21-17-5-3-4-6-20(17)26-14(2)18(21)11-23-24;1-14-10-15(6-9-20(14)22)11-18(25)13-24-21-17(12-23-24)8-7-16-4-2-3-5-19(16)21;1-14-18-12-21-22(13-16(23)11-15-7-3-2-4-8-15)20(18)17-9-5-6-10-19(17)24-14/h4-10,12H,3,11,13H2,1-2H3;3-8,10-11H,2,9,12H2,1H3;2-6,9-10,12H,7-8,11,13H2,1H3;2-10,12H,1,11,13H2. The van der Waals surface area contributed by atoms with Crippen LogP contribution in [0.5, 0.6) is 17.2 Å². The van der Waals surface area contributed by atoms with E-state index in [4.69, 9.17) is 14.2 Å². The fourth-order valence-electron chi connectivity index (χ4n) is 12.9. The minimum atomic E-state index is 0.0984. The maximum atomic E-state index is 12.6. The highest BCUT2D eigenvalue weighted by atomic mass is 79.9. The summed E-state index contributed by atoms with van der Waals surface area (Å²) in [4.78, 5) is 50.3. The van der Waals surface area contributed by atoms with E-state index in [2.05, 4.69) is 128 Å². The maximum absolute atomic E-state index is 12.6. The number of ketones is 4. The quantitative estimate of drug-likeness (QED) is 0.0903. The fraction of sp³-hybridized carbons (Fsp3) is 0.167. The zero-order chi connectivity index (χ0) is 70.4. The Bertz CT molecular complexity index is 5080. The normalized spacial score (nSPS) is 12.4. The molecule has 0 saturated heterocycles. The van der Waals surface area contributed by atoms with Crippen molar-refractivity contribution in [2.24, 2.45) is 0 Å². The molecule has 16 rings (SSSR count). The van der Waals surface area contributed by atoms with Crippen LogP contribution in [0.3, 0.4) is 0 Å². The Kier molecular flexibility index (Phi) is 20.4. The molecule has 1 aliphatic carbocycles. The molecule has 3 aliphatic heterocycles. The smallest absolute Gasteiger partial charge is 0.158 e. The number of halogens is 2. The molecule has 0 saturated carbocycles. The van der Waals surface area contributed by atoms with Gasteiger partial charge in [-0.2, -0.15) is 20.4 Å². The first-order valence-electron chi connectivity index (χ1n) is 33.3. The van der Waals surface area contributed by atoms with Crippen LogP contribution in [0.2, 0.25) is 0 Å². The van der Waals surface area contributed by atoms with Crippen molar-refractivity contribution in [3.05, 3.63) is 308 Å². The number of rotatable bonds is 16. The van der Waals surface area contributed by atoms with Gasteiger partial charge in [0.05, 0.1) is 64.3 Å². The summed E-state index contributed by atoms with van der Waals surface area (Å²) >= 11 is 7.02. The zero-order valence-corrected chi connectivity index (χ0v) is 59.7. The maximum Gasteiger partial charge on any atom is 0.158 e. The fourth-order valence-corrected chi connectivity index (χ4v) is 13.6. The number of ether oxygens (including phenoxy) is 3. The van der Waals surface area contributed by atoms with E-state index in [0.29, 0.717) is 49.5 Å². The molecule has 12 aromatic rings. The molecule has 0 atom stereocenters. The first-order valence-corrected chi connectivity index (χ1v) is 34.8. The van der Waals surface area contributed by atoms with Gasteiger partial charge < -0.3 is 14.2 Å².